The van der Waals surface area contributed by atoms with Crippen molar-refractivity contribution in [2.75, 3.05) is 15.1 Å². The summed E-state index contributed by atoms with van der Waals surface area (Å²) in [6.45, 7) is 0. The molecule has 23 aromatic rings. The molecule has 0 spiro atoms. The first kappa shape index (κ1) is 82.8. The van der Waals surface area contributed by atoms with E-state index in [2.05, 4.69) is 415 Å². The van der Waals surface area contributed by atoms with Crippen molar-refractivity contribution in [3.63, 3.8) is 0 Å². The molecule has 0 bridgehead atoms. The number of halogens is 2. The van der Waals surface area contributed by atoms with E-state index in [1.807, 2.05) is 58.3 Å². The second kappa shape index (κ2) is 36.3. The number of rotatable bonds is 12. The van der Waals surface area contributed by atoms with Crippen molar-refractivity contribution in [1.82, 2.24) is 0 Å². The van der Waals surface area contributed by atoms with Crippen LogP contribution in [0.2, 0.25) is 10.0 Å². The van der Waals surface area contributed by atoms with E-state index in [-0.39, 0.29) is 80.3 Å². The molecular formula is C112H79Cl2N3S3Y2. The molecule has 0 unspecified atom stereocenters. The standard InChI is InChI=1S/C66H42N2S2.C22H14Cl2.C22H15NS.2CH4.2Y/c1-4-20-50-43(15-1)18-11-27-58(50)67(60-29-13-25-56-54-23-7-9-31-62(54)69-65(56)60)48-38-33-46(34-39-48)53-42-37-45-17-3-6-22-52(45)64(53)47-35-40-49(41-36-47)68(59-28-12-19-44-16-2-5-21-51(44)59)61-30-14-26-57-55-24-8-10-32-63(55)70-66(57)61;23-18-10-5-16(6-11-18)21-14-9-15-3-1-2-4-20(15)22(21)17-7-12-19(24)13-8-17;1-2-9-16-15(7-1)8-5-12-19(16)23-20-13-6-11-18-17-10-3-4-14-21(17)24-22(18)20;;;;/h1-42H;1-14H;1-14,23H;2*1H4;;. The van der Waals surface area contributed by atoms with E-state index in [9.17, 15) is 0 Å². The molecule has 23 rings (SSSR count). The minimum Gasteiger partial charge on any atom is -0.354 e. The molecule has 0 aliphatic carbocycles. The number of nitrogens with zero attached hydrogens (tertiary/aromatic N) is 2. The molecule has 0 amide bonds. The molecule has 0 saturated heterocycles. The van der Waals surface area contributed by atoms with Crippen molar-refractivity contribution in [1.29, 1.82) is 0 Å². The maximum absolute atomic E-state index is 6.08. The van der Waals surface area contributed by atoms with Crippen LogP contribution in [0.4, 0.5) is 45.5 Å². The van der Waals surface area contributed by atoms with Crippen LogP contribution in [0, 0.1) is 0 Å². The van der Waals surface area contributed by atoms with Gasteiger partial charge in [-0.3, -0.25) is 0 Å². The fraction of sp³-hybridized carbons (Fsp3) is 0.0179. The van der Waals surface area contributed by atoms with Gasteiger partial charge in [-0.25, -0.2) is 0 Å². The SMILES string of the molecule is C.C.Clc1ccc(-c2ccc3ccccc3c2-c2ccc(Cl)cc2)cc1.[Y].[Y].c1ccc2c(N(c3ccc(-c4ccc5ccccc5c4-c4ccc(N(c5cccc6ccccc56)c5cccc6c5sc5ccccc56)cc4)cc3)c3cccc4c3sc3ccccc34)cccc2c1.c1ccc2c(Nc3cccc4c3sc3ccccc34)cccc2c1. The van der Waals surface area contributed by atoms with Crippen molar-refractivity contribution in [2.24, 2.45) is 0 Å². The van der Waals surface area contributed by atoms with Crippen LogP contribution in [-0.4, -0.2) is 0 Å². The molecule has 0 fully saturated rings. The van der Waals surface area contributed by atoms with E-state index < -0.39 is 0 Å². The third-order valence-electron chi connectivity index (χ3n) is 22.7. The largest absolute Gasteiger partial charge is 0.354 e. The van der Waals surface area contributed by atoms with Gasteiger partial charge in [0.25, 0.3) is 0 Å². The summed E-state index contributed by atoms with van der Waals surface area (Å²) >= 11 is 17.7. The van der Waals surface area contributed by atoms with Crippen LogP contribution in [0.3, 0.4) is 0 Å². The number of hydrogen-bond acceptors (Lipinski definition) is 6. The average molecular weight is 1810 g/mol. The average Bonchev–Trinajstić information content (AvgIpc) is 1.44. The zero-order valence-electron chi connectivity index (χ0n) is 64.9. The molecule has 3 heterocycles. The van der Waals surface area contributed by atoms with Gasteiger partial charge in [0, 0.05) is 155 Å². The maximum atomic E-state index is 6.08. The van der Waals surface area contributed by atoms with Gasteiger partial charge in [0.2, 0.25) is 0 Å². The molecule has 1 N–H and O–H groups in total. The van der Waals surface area contributed by atoms with Crippen molar-refractivity contribution in [2.45, 2.75) is 14.9 Å². The Labute approximate surface area is 783 Å². The number of fused-ring (bicyclic) bond motifs is 14. The fourth-order valence-corrected chi connectivity index (χ4v) is 21.1. The fourth-order valence-electron chi connectivity index (χ4n) is 17.2. The zero-order valence-corrected chi connectivity index (χ0v) is 74.6. The van der Waals surface area contributed by atoms with Crippen LogP contribution >= 0.6 is 57.2 Å². The monoisotopic (exact) mass is 1810 g/mol. The van der Waals surface area contributed by atoms with Crippen molar-refractivity contribution >= 4 is 217 Å². The predicted octanol–water partition coefficient (Wildman–Crippen LogP) is 35.9. The quantitative estimate of drug-likeness (QED) is 0.132. The third kappa shape index (κ3) is 15.7. The number of anilines is 8. The van der Waals surface area contributed by atoms with Gasteiger partial charge in [-0.15, -0.1) is 34.0 Å². The molecule has 20 aromatic carbocycles. The van der Waals surface area contributed by atoms with Crippen LogP contribution in [0.15, 0.2) is 425 Å². The summed E-state index contributed by atoms with van der Waals surface area (Å²) < 4.78 is 7.79. The van der Waals surface area contributed by atoms with Gasteiger partial charge in [-0.05, 0) is 185 Å². The summed E-state index contributed by atoms with van der Waals surface area (Å²) in [6.07, 6.45) is 0. The van der Waals surface area contributed by atoms with E-state index in [0.29, 0.717) is 0 Å². The zero-order chi connectivity index (χ0) is 78.6. The molecule has 2 radical (unpaired) electrons. The summed E-state index contributed by atoms with van der Waals surface area (Å²) in [5.74, 6) is 0. The van der Waals surface area contributed by atoms with Gasteiger partial charge in [-0.1, -0.05) is 360 Å². The first-order chi connectivity index (χ1) is 58.3. The Balaban J connectivity index is 0.000000165. The molecule has 0 aliphatic heterocycles. The first-order valence-electron chi connectivity index (χ1n) is 39.6. The minimum atomic E-state index is 0. The van der Waals surface area contributed by atoms with Gasteiger partial charge in [-0.2, -0.15) is 0 Å². The molecule has 3 nitrogen and oxygen atoms in total. The summed E-state index contributed by atoms with van der Waals surface area (Å²) in [7, 11) is 0. The number of hydrogen-bond donors (Lipinski definition) is 1. The first-order valence-corrected chi connectivity index (χ1v) is 42.8. The number of benzene rings is 20. The van der Waals surface area contributed by atoms with Crippen LogP contribution in [-0.2, 0) is 65.4 Å². The van der Waals surface area contributed by atoms with Crippen LogP contribution < -0.4 is 15.1 Å². The molecule has 0 atom stereocenters. The summed E-state index contributed by atoms with van der Waals surface area (Å²) in [5.41, 5.74) is 18.7. The van der Waals surface area contributed by atoms with E-state index in [4.69, 9.17) is 23.2 Å². The Hall–Kier alpha value is -11.5. The normalized spacial score (nSPS) is 11.1. The molecular weight excluding hydrogens is 1730 g/mol. The summed E-state index contributed by atoms with van der Waals surface area (Å²) in [4.78, 5) is 4.93. The van der Waals surface area contributed by atoms with E-state index in [1.54, 1.807) is 0 Å². The maximum Gasteiger partial charge on any atom is 0.0640 e. The smallest absolute Gasteiger partial charge is 0.0640 e. The second-order valence-corrected chi connectivity index (χ2v) is 33.7. The molecule has 3 aromatic heterocycles. The van der Waals surface area contributed by atoms with Crippen molar-refractivity contribution < 1.29 is 65.4 Å². The molecule has 122 heavy (non-hydrogen) atoms. The van der Waals surface area contributed by atoms with Crippen LogP contribution in [0.25, 0.3) is 159 Å². The third-order valence-corrected chi connectivity index (χ3v) is 26.9. The summed E-state index contributed by atoms with van der Waals surface area (Å²) in [5, 5.41) is 25.2. The summed E-state index contributed by atoms with van der Waals surface area (Å²) in [6, 6.07) is 153. The number of thiophene rings is 3. The van der Waals surface area contributed by atoms with E-state index in [0.717, 1.165) is 49.6 Å². The second-order valence-electron chi connectivity index (χ2n) is 29.6. The molecule has 580 valence electrons. The Kier molecular flexibility index (Phi) is 24.7. The Morgan fingerprint density at radius 2 is 0.484 bits per heavy atom. The Bertz CT molecular complexity index is 7760. The predicted molar refractivity (Wildman–Crippen MR) is 530 cm³/mol. The van der Waals surface area contributed by atoms with Crippen molar-refractivity contribution in [3.05, 3.63) is 435 Å². The van der Waals surface area contributed by atoms with Crippen molar-refractivity contribution in [3.8, 4) is 44.5 Å². The topological polar surface area (TPSA) is 18.5 Å². The van der Waals surface area contributed by atoms with Gasteiger partial charge in [0.1, 0.15) is 0 Å². The van der Waals surface area contributed by atoms with Gasteiger partial charge in [0.15, 0.2) is 0 Å². The van der Waals surface area contributed by atoms with E-state index >= 15 is 0 Å². The minimum absolute atomic E-state index is 0. The Morgan fingerprint density at radius 1 is 0.205 bits per heavy atom. The van der Waals surface area contributed by atoms with Crippen LogP contribution in [0.5, 0.6) is 0 Å². The van der Waals surface area contributed by atoms with Gasteiger partial charge >= 0.3 is 0 Å². The molecule has 10 heteroatoms. The Morgan fingerprint density at radius 3 is 0.918 bits per heavy atom. The molecule has 0 aliphatic rings. The van der Waals surface area contributed by atoms with E-state index in [1.165, 1.54) is 165 Å². The van der Waals surface area contributed by atoms with Gasteiger partial charge in [0.05, 0.1) is 42.5 Å². The van der Waals surface area contributed by atoms with Crippen LogP contribution in [0.1, 0.15) is 14.9 Å². The molecule has 0 saturated carbocycles. The van der Waals surface area contributed by atoms with Gasteiger partial charge < -0.3 is 15.1 Å². The number of nitrogens with one attached hydrogen (secondary N) is 1.